The van der Waals surface area contributed by atoms with Gasteiger partial charge in [0.15, 0.2) is 0 Å². The number of nitrogens with zero attached hydrogens (tertiary/aromatic N) is 3. The zero-order valence-corrected chi connectivity index (χ0v) is 16.4. The number of benzene rings is 1. The summed E-state index contributed by atoms with van der Waals surface area (Å²) in [6.07, 6.45) is 0. The maximum Gasteiger partial charge on any atom is 0.270 e. The number of morpholine rings is 1. The lowest BCUT2D eigenvalue weighted by molar-refractivity contribution is 0.0383. The number of nitrogens with one attached hydrogen (secondary N) is 2. The first-order valence-electron chi connectivity index (χ1n) is 9.45. The van der Waals surface area contributed by atoms with E-state index < -0.39 is 0 Å². The molecule has 3 rings (SSSR count). The van der Waals surface area contributed by atoms with Crippen LogP contribution in [0.25, 0.3) is 0 Å². The summed E-state index contributed by atoms with van der Waals surface area (Å²) in [5.41, 5.74) is 2.18. The first-order valence-corrected chi connectivity index (χ1v) is 9.45. The van der Waals surface area contributed by atoms with Crippen LogP contribution in [0.3, 0.4) is 0 Å². The quantitative estimate of drug-likeness (QED) is 0.711. The molecule has 2 aromatic rings. The molecule has 0 radical (unpaired) electrons. The van der Waals surface area contributed by atoms with E-state index in [1.807, 2.05) is 31.2 Å². The minimum atomic E-state index is -0.189. The van der Waals surface area contributed by atoms with Crippen molar-refractivity contribution in [1.29, 1.82) is 0 Å². The zero-order valence-electron chi connectivity index (χ0n) is 16.4. The van der Waals surface area contributed by atoms with Gasteiger partial charge in [0.2, 0.25) is 5.95 Å². The summed E-state index contributed by atoms with van der Waals surface area (Å²) in [5, 5.41) is 6.11. The van der Waals surface area contributed by atoms with Crippen LogP contribution in [0.2, 0.25) is 0 Å². The average molecular weight is 385 g/mol. The molecule has 8 nitrogen and oxygen atoms in total. The second-order valence-corrected chi connectivity index (χ2v) is 6.63. The Morgan fingerprint density at radius 1 is 1.21 bits per heavy atom. The van der Waals surface area contributed by atoms with Crippen molar-refractivity contribution in [3.8, 4) is 5.75 Å². The molecular weight excluding hydrogens is 358 g/mol. The van der Waals surface area contributed by atoms with E-state index in [0.29, 0.717) is 24.7 Å². The lowest BCUT2D eigenvalue weighted by Gasteiger charge is -2.26. The van der Waals surface area contributed by atoms with Crippen molar-refractivity contribution >= 4 is 11.9 Å². The van der Waals surface area contributed by atoms with E-state index in [-0.39, 0.29) is 5.91 Å². The number of amides is 1. The van der Waals surface area contributed by atoms with Crippen molar-refractivity contribution < 1.29 is 14.3 Å². The number of carbonyl (C=O) groups excluding carboxylic acids is 1. The van der Waals surface area contributed by atoms with Gasteiger partial charge in [0.1, 0.15) is 11.4 Å². The smallest absolute Gasteiger partial charge is 0.270 e. The molecule has 0 spiro atoms. The molecule has 1 saturated heterocycles. The molecule has 0 aliphatic carbocycles. The Morgan fingerprint density at radius 3 is 2.68 bits per heavy atom. The zero-order chi connectivity index (χ0) is 19.8. The van der Waals surface area contributed by atoms with Gasteiger partial charge >= 0.3 is 0 Å². The van der Waals surface area contributed by atoms with Gasteiger partial charge in [-0.15, -0.1) is 0 Å². The SMILES string of the molecule is COc1ccc(CNc2nc(C)cc(C(=O)NCCN3CCOCC3)n2)cc1. The van der Waals surface area contributed by atoms with Crippen molar-refractivity contribution in [3.05, 3.63) is 47.3 Å². The number of rotatable bonds is 8. The Bertz CT molecular complexity index is 776. The number of anilines is 1. The Morgan fingerprint density at radius 2 is 1.96 bits per heavy atom. The second kappa shape index (κ2) is 10.0. The van der Waals surface area contributed by atoms with E-state index in [4.69, 9.17) is 9.47 Å². The maximum absolute atomic E-state index is 12.4. The highest BCUT2D eigenvalue weighted by Crippen LogP contribution is 2.13. The molecule has 0 atom stereocenters. The van der Waals surface area contributed by atoms with Gasteiger partial charge in [-0.2, -0.15) is 0 Å². The van der Waals surface area contributed by atoms with Gasteiger partial charge in [0, 0.05) is 38.4 Å². The average Bonchev–Trinajstić information content (AvgIpc) is 2.73. The van der Waals surface area contributed by atoms with Crippen LogP contribution in [-0.4, -0.2) is 67.3 Å². The first kappa shape index (κ1) is 20.0. The van der Waals surface area contributed by atoms with Gasteiger partial charge in [-0.25, -0.2) is 9.97 Å². The summed E-state index contributed by atoms with van der Waals surface area (Å²) in [4.78, 5) is 23.4. The summed E-state index contributed by atoms with van der Waals surface area (Å²) in [6, 6.07) is 9.45. The van der Waals surface area contributed by atoms with Gasteiger partial charge < -0.3 is 20.1 Å². The molecule has 1 aromatic carbocycles. The largest absolute Gasteiger partial charge is 0.497 e. The second-order valence-electron chi connectivity index (χ2n) is 6.63. The number of ether oxygens (including phenoxy) is 2. The molecule has 2 heterocycles. The summed E-state index contributed by atoms with van der Waals surface area (Å²) in [5.74, 6) is 1.06. The summed E-state index contributed by atoms with van der Waals surface area (Å²) in [6.45, 7) is 7.11. The van der Waals surface area contributed by atoms with Crippen LogP contribution in [-0.2, 0) is 11.3 Å². The Hall–Kier alpha value is -2.71. The minimum Gasteiger partial charge on any atom is -0.497 e. The molecule has 1 fully saturated rings. The van der Waals surface area contributed by atoms with Crippen LogP contribution in [0.4, 0.5) is 5.95 Å². The third kappa shape index (κ3) is 5.90. The molecule has 8 heteroatoms. The molecule has 1 aromatic heterocycles. The van der Waals surface area contributed by atoms with Gasteiger partial charge in [0.05, 0.1) is 20.3 Å². The number of carbonyl (C=O) groups is 1. The van der Waals surface area contributed by atoms with Gasteiger partial charge in [-0.05, 0) is 30.7 Å². The van der Waals surface area contributed by atoms with Crippen LogP contribution in [0.5, 0.6) is 5.75 Å². The van der Waals surface area contributed by atoms with Gasteiger partial charge in [-0.1, -0.05) is 12.1 Å². The van der Waals surface area contributed by atoms with E-state index >= 15 is 0 Å². The van der Waals surface area contributed by atoms with Gasteiger partial charge in [0.25, 0.3) is 5.91 Å². The highest BCUT2D eigenvalue weighted by molar-refractivity contribution is 5.92. The Kier molecular flexibility index (Phi) is 7.16. The highest BCUT2D eigenvalue weighted by atomic mass is 16.5. The van der Waals surface area contributed by atoms with Crippen molar-refractivity contribution in [2.24, 2.45) is 0 Å². The van der Waals surface area contributed by atoms with Crippen LogP contribution < -0.4 is 15.4 Å². The molecule has 28 heavy (non-hydrogen) atoms. The van der Waals surface area contributed by atoms with Crippen molar-refractivity contribution in [2.75, 3.05) is 51.8 Å². The molecule has 0 unspecified atom stereocenters. The number of hydrogen-bond donors (Lipinski definition) is 2. The lowest BCUT2D eigenvalue weighted by Crippen LogP contribution is -2.41. The van der Waals surface area contributed by atoms with Crippen LogP contribution >= 0.6 is 0 Å². The Balaban J connectivity index is 1.53. The fourth-order valence-corrected chi connectivity index (χ4v) is 2.93. The fraction of sp³-hybridized carbons (Fsp3) is 0.450. The summed E-state index contributed by atoms with van der Waals surface area (Å²) >= 11 is 0. The first-order chi connectivity index (χ1) is 13.6. The van der Waals surface area contributed by atoms with E-state index in [1.54, 1.807) is 13.2 Å². The third-order valence-corrected chi connectivity index (χ3v) is 4.51. The van der Waals surface area contributed by atoms with Crippen molar-refractivity contribution in [2.45, 2.75) is 13.5 Å². The lowest BCUT2D eigenvalue weighted by atomic mass is 10.2. The maximum atomic E-state index is 12.4. The molecule has 1 aliphatic rings. The van der Waals surface area contributed by atoms with Crippen molar-refractivity contribution in [1.82, 2.24) is 20.2 Å². The number of methoxy groups -OCH3 is 1. The Labute approximate surface area is 165 Å². The monoisotopic (exact) mass is 385 g/mol. The molecule has 150 valence electrons. The van der Waals surface area contributed by atoms with E-state index in [1.165, 1.54) is 0 Å². The highest BCUT2D eigenvalue weighted by Gasteiger charge is 2.13. The van der Waals surface area contributed by atoms with Crippen molar-refractivity contribution in [3.63, 3.8) is 0 Å². The normalized spacial score (nSPS) is 14.5. The molecule has 0 saturated carbocycles. The van der Waals surface area contributed by atoms with Crippen LogP contribution in [0.15, 0.2) is 30.3 Å². The minimum absolute atomic E-state index is 0.189. The predicted octanol–water partition coefficient (Wildman–Crippen LogP) is 1.47. The van der Waals surface area contributed by atoms with Crippen LogP contribution in [0.1, 0.15) is 21.7 Å². The fourth-order valence-electron chi connectivity index (χ4n) is 2.93. The molecule has 0 bridgehead atoms. The van der Waals surface area contributed by atoms with E-state index in [2.05, 4.69) is 25.5 Å². The molecular formula is C20H27N5O3. The summed E-state index contributed by atoms with van der Waals surface area (Å²) < 4.78 is 10.5. The number of aryl methyl sites for hydroxylation is 1. The summed E-state index contributed by atoms with van der Waals surface area (Å²) in [7, 11) is 1.64. The van der Waals surface area contributed by atoms with E-state index in [0.717, 1.165) is 49.9 Å². The van der Waals surface area contributed by atoms with E-state index in [9.17, 15) is 4.79 Å². The molecule has 2 N–H and O–H groups in total. The number of hydrogen-bond acceptors (Lipinski definition) is 7. The van der Waals surface area contributed by atoms with Gasteiger partial charge in [-0.3, -0.25) is 9.69 Å². The van der Waals surface area contributed by atoms with Crippen LogP contribution in [0, 0.1) is 6.92 Å². The third-order valence-electron chi connectivity index (χ3n) is 4.51. The predicted molar refractivity (Wildman–Crippen MR) is 107 cm³/mol. The molecule has 1 amide bonds. The molecule has 1 aliphatic heterocycles. The number of aromatic nitrogens is 2. The topological polar surface area (TPSA) is 88.6 Å². The standard InChI is InChI=1S/C20H27N5O3/c1-15-13-18(19(26)21-7-8-25-9-11-28-12-10-25)24-20(23-15)22-14-16-3-5-17(27-2)6-4-16/h3-6,13H,7-12,14H2,1-2H3,(H,21,26)(H,22,23,24).